The van der Waals surface area contributed by atoms with Crippen LogP contribution in [0.25, 0.3) is 0 Å². The Morgan fingerprint density at radius 3 is 2.72 bits per heavy atom. The Labute approximate surface area is 110 Å². The van der Waals surface area contributed by atoms with Gasteiger partial charge in [0.15, 0.2) is 5.82 Å². The molecule has 0 unspecified atom stereocenters. The summed E-state index contributed by atoms with van der Waals surface area (Å²) in [7, 11) is 1.92. The lowest BCUT2D eigenvalue weighted by Crippen LogP contribution is -1.98. The van der Waals surface area contributed by atoms with E-state index in [2.05, 4.69) is 20.4 Å². The summed E-state index contributed by atoms with van der Waals surface area (Å²) in [6.45, 7) is 5.98. The second kappa shape index (κ2) is 4.85. The highest BCUT2D eigenvalue weighted by Gasteiger charge is 2.07. The van der Waals surface area contributed by atoms with Crippen molar-refractivity contribution >= 4 is 18.4 Å². The maximum absolute atomic E-state index is 5.14. The molecule has 0 aliphatic rings. The van der Waals surface area contributed by atoms with E-state index in [1.807, 2.05) is 32.5 Å². The molecule has 0 saturated heterocycles. The summed E-state index contributed by atoms with van der Waals surface area (Å²) in [6, 6.07) is 0. The van der Waals surface area contributed by atoms with Gasteiger partial charge in [-0.05, 0) is 26.1 Å². The van der Waals surface area contributed by atoms with Crippen LogP contribution in [0.3, 0.4) is 0 Å². The fourth-order valence-electron chi connectivity index (χ4n) is 1.76. The van der Waals surface area contributed by atoms with E-state index in [9.17, 15) is 0 Å². The molecule has 18 heavy (non-hydrogen) atoms. The smallest absolute Gasteiger partial charge is 0.216 e. The predicted molar refractivity (Wildman–Crippen MR) is 72.5 cm³/mol. The van der Waals surface area contributed by atoms with Crippen molar-refractivity contribution in [1.82, 2.24) is 24.7 Å². The van der Waals surface area contributed by atoms with E-state index in [0.29, 0.717) is 4.77 Å². The van der Waals surface area contributed by atoms with E-state index in [-0.39, 0.29) is 0 Å². The lowest BCUT2D eigenvalue weighted by Gasteiger charge is -1.97. The molecule has 7 heteroatoms. The Kier molecular flexibility index (Phi) is 3.42. The van der Waals surface area contributed by atoms with Gasteiger partial charge < -0.3 is 0 Å². The summed E-state index contributed by atoms with van der Waals surface area (Å²) >= 11 is 5.14. The molecule has 96 valence electrons. The van der Waals surface area contributed by atoms with Crippen LogP contribution in [-0.2, 0) is 13.5 Å². The number of nitrogens with one attached hydrogen (secondary N) is 1. The van der Waals surface area contributed by atoms with Crippen molar-refractivity contribution in [3.63, 3.8) is 0 Å². The fraction of sp³-hybridized carbons (Fsp3) is 0.455. The normalized spacial score (nSPS) is 11.6. The van der Waals surface area contributed by atoms with Crippen LogP contribution in [-0.4, -0.2) is 30.9 Å². The van der Waals surface area contributed by atoms with Crippen molar-refractivity contribution in [1.29, 1.82) is 0 Å². The summed E-state index contributed by atoms with van der Waals surface area (Å²) < 4.78 is 3.98. The first-order chi connectivity index (χ1) is 8.54. The van der Waals surface area contributed by atoms with Crippen molar-refractivity contribution in [3.8, 4) is 0 Å². The second-order valence-electron chi connectivity index (χ2n) is 4.06. The molecule has 0 bridgehead atoms. The standard InChI is InChI=1S/C11H16N6S/c1-5-10-13-14-11(18)17(10)12-6-9-7(2)15-16(4)8(9)3/h6H,5H2,1-4H3,(H,14,18)/b12-6-. The molecule has 6 nitrogen and oxygen atoms in total. The van der Waals surface area contributed by atoms with Gasteiger partial charge in [0.1, 0.15) is 0 Å². The van der Waals surface area contributed by atoms with Gasteiger partial charge >= 0.3 is 0 Å². The van der Waals surface area contributed by atoms with Crippen LogP contribution in [0.5, 0.6) is 0 Å². The molecule has 2 aromatic rings. The number of H-pyrrole nitrogens is 1. The van der Waals surface area contributed by atoms with Crippen LogP contribution >= 0.6 is 12.2 Å². The molecule has 0 spiro atoms. The van der Waals surface area contributed by atoms with Crippen LogP contribution in [0.2, 0.25) is 0 Å². The largest absolute Gasteiger partial charge is 0.272 e. The van der Waals surface area contributed by atoms with Gasteiger partial charge in [-0.25, -0.2) is 0 Å². The molecular formula is C11H16N6S. The molecule has 0 saturated carbocycles. The van der Waals surface area contributed by atoms with Crippen LogP contribution in [0.15, 0.2) is 5.10 Å². The minimum atomic E-state index is 0.502. The quantitative estimate of drug-likeness (QED) is 0.678. The topological polar surface area (TPSA) is 63.8 Å². The summed E-state index contributed by atoms with van der Waals surface area (Å²) in [5.41, 5.74) is 3.04. The summed E-state index contributed by atoms with van der Waals surface area (Å²) in [5.74, 6) is 0.815. The maximum atomic E-state index is 5.14. The Morgan fingerprint density at radius 1 is 1.44 bits per heavy atom. The van der Waals surface area contributed by atoms with E-state index >= 15 is 0 Å². The molecule has 0 atom stereocenters. The molecule has 2 heterocycles. The first-order valence-electron chi connectivity index (χ1n) is 5.75. The van der Waals surface area contributed by atoms with E-state index in [0.717, 1.165) is 29.2 Å². The zero-order valence-electron chi connectivity index (χ0n) is 10.9. The molecule has 1 N–H and O–H groups in total. The van der Waals surface area contributed by atoms with Crippen LogP contribution < -0.4 is 0 Å². The zero-order valence-corrected chi connectivity index (χ0v) is 11.7. The molecule has 0 amide bonds. The molecule has 2 rings (SSSR count). The highest BCUT2D eigenvalue weighted by Crippen LogP contribution is 2.09. The lowest BCUT2D eigenvalue weighted by molar-refractivity contribution is 0.731. The Hall–Kier alpha value is -1.76. The highest BCUT2D eigenvalue weighted by molar-refractivity contribution is 7.71. The van der Waals surface area contributed by atoms with Crippen molar-refractivity contribution in [2.45, 2.75) is 27.2 Å². The minimum Gasteiger partial charge on any atom is -0.272 e. The highest BCUT2D eigenvalue weighted by atomic mass is 32.1. The number of aromatic amines is 1. The molecule has 2 aromatic heterocycles. The van der Waals surface area contributed by atoms with Crippen LogP contribution in [0.4, 0.5) is 0 Å². The number of aromatic nitrogens is 5. The summed E-state index contributed by atoms with van der Waals surface area (Å²) in [4.78, 5) is 0. The Balaban J connectivity index is 2.42. The third-order valence-corrected chi connectivity index (χ3v) is 3.17. The number of hydrogen-bond acceptors (Lipinski definition) is 4. The summed E-state index contributed by atoms with van der Waals surface area (Å²) in [5, 5.41) is 15.6. The van der Waals surface area contributed by atoms with Crippen LogP contribution in [0.1, 0.15) is 29.7 Å². The van der Waals surface area contributed by atoms with Crippen molar-refractivity contribution < 1.29 is 0 Å². The second-order valence-corrected chi connectivity index (χ2v) is 4.45. The molecule has 0 aliphatic heterocycles. The number of aryl methyl sites for hydroxylation is 3. The van der Waals surface area contributed by atoms with Gasteiger partial charge in [0.2, 0.25) is 4.77 Å². The summed E-state index contributed by atoms with van der Waals surface area (Å²) in [6.07, 6.45) is 2.55. The minimum absolute atomic E-state index is 0.502. The molecule has 0 aromatic carbocycles. The number of rotatable bonds is 3. The first-order valence-corrected chi connectivity index (χ1v) is 6.16. The number of hydrogen-bond donors (Lipinski definition) is 1. The zero-order chi connectivity index (χ0) is 13.3. The van der Waals surface area contributed by atoms with Crippen molar-refractivity contribution in [2.75, 3.05) is 0 Å². The Morgan fingerprint density at radius 2 is 2.17 bits per heavy atom. The monoisotopic (exact) mass is 264 g/mol. The van der Waals surface area contributed by atoms with Gasteiger partial charge in [-0.3, -0.25) is 9.78 Å². The first kappa shape index (κ1) is 12.7. The van der Waals surface area contributed by atoms with Gasteiger partial charge in [-0.2, -0.15) is 20.0 Å². The van der Waals surface area contributed by atoms with Gasteiger partial charge in [-0.1, -0.05) is 6.92 Å². The van der Waals surface area contributed by atoms with E-state index in [1.54, 1.807) is 10.9 Å². The number of nitrogens with zero attached hydrogens (tertiary/aromatic N) is 5. The Bertz CT molecular complexity index is 645. The van der Waals surface area contributed by atoms with Gasteiger partial charge in [0, 0.05) is 24.7 Å². The van der Waals surface area contributed by atoms with Crippen molar-refractivity contribution in [3.05, 3.63) is 27.5 Å². The fourth-order valence-corrected chi connectivity index (χ4v) is 1.96. The van der Waals surface area contributed by atoms with Gasteiger partial charge in [0.25, 0.3) is 0 Å². The maximum Gasteiger partial charge on any atom is 0.216 e. The van der Waals surface area contributed by atoms with Crippen LogP contribution in [0, 0.1) is 18.6 Å². The molecule has 0 radical (unpaired) electrons. The molecule has 0 fully saturated rings. The lowest BCUT2D eigenvalue weighted by atomic mass is 10.2. The molecule has 0 aliphatic carbocycles. The SMILES string of the molecule is CCc1n[nH]c(=S)n1/N=C\c1c(C)nn(C)c1C. The average molecular weight is 264 g/mol. The van der Waals surface area contributed by atoms with E-state index in [1.165, 1.54) is 0 Å². The predicted octanol–water partition coefficient (Wildman–Crippen LogP) is 1.74. The van der Waals surface area contributed by atoms with Crippen molar-refractivity contribution in [2.24, 2.45) is 12.1 Å². The third-order valence-electron chi connectivity index (χ3n) is 2.90. The third kappa shape index (κ3) is 2.13. The van der Waals surface area contributed by atoms with E-state index in [4.69, 9.17) is 12.2 Å². The average Bonchev–Trinajstić information content (AvgIpc) is 2.80. The molecular weight excluding hydrogens is 248 g/mol. The van der Waals surface area contributed by atoms with Gasteiger partial charge in [-0.15, -0.1) is 0 Å². The van der Waals surface area contributed by atoms with E-state index < -0.39 is 0 Å². The van der Waals surface area contributed by atoms with Gasteiger partial charge in [0.05, 0.1) is 11.9 Å².